The van der Waals surface area contributed by atoms with Crippen LogP contribution in [0, 0.1) is 18.8 Å². The first-order chi connectivity index (χ1) is 27.5. The van der Waals surface area contributed by atoms with Crippen molar-refractivity contribution in [2.45, 2.75) is 103 Å². The van der Waals surface area contributed by atoms with Crippen LogP contribution in [0.2, 0.25) is 18.1 Å². The molecule has 3 aliphatic carbocycles. The van der Waals surface area contributed by atoms with Crippen LogP contribution in [0.15, 0.2) is 64.4 Å². The quantitative estimate of drug-likeness (QED) is 0.170. The van der Waals surface area contributed by atoms with Gasteiger partial charge in [-0.05, 0) is 124 Å². The van der Waals surface area contributed by atoms with E-state index in [1.54, 1.807) is 34.9 Å². The first-order valence-corrected chi connectivity index (χ1v) is 23.1. The summed E-state index contributed by atoms with van der Waals surface area (Å²) in [7, 11) is 4.09. The molecule has 3 aromatic carbocycles. The highest BCUT2D eigenvalue weighted by Gasteiger charge is 2.67. The minimum atomic E-state index is -2.92. The molecule has 4 atom stereocenters. The van der Waals surface area contributed by atoms with Crippen molar-refractivity contribution in [2.24, 2.45) is 11.8 Å². The van der Waals surface area contributed by atoms with Gasteiger partial charge in [-0.25, -0.2) is 4.79 Å². The molecule has 0 aliphatic heterocycles. The van der Waals surface area contributed by atoms with E-state index >= 15 is 9.59 Å². The molecule has 1 heterocycles. The normalized spacial score (nSPS) is 21.8. The second kappa shape index (κ2) is 14.6. The van der Waals surface area contributed by atoms with Gasteiger partial charge in [0.2, 0.25) is 5.78 Å². The molecule has 13 heteroatoms. The zero-order valence-electron chi connectivity index (χ0n) is 36.5. The Labute approximate surface area is 347 Å². The lowest BCUT2D eigenvalue weighted by molar-refractivity contribution is -0.0480. The summed E-state index contributed by atoms with van der Waals surface area (Å²) < 4.78 is 31.1. The maximum Gasteiger partial charge on any atom is 0.414 e. The minimum Gasteiger partial charge on any atom is -0.508 e. The Bertz CT molecular complexity index is 2390. The van der Waals surface area contributed by atoms with E-state index in [-0.39, 0.29) is 40.8 Å². The van der Waals surface area contributed by atoms with E-state index < -0.39 is 55.1 Å². The molecule has 0 radical (unpaired) electrons. The number of aromatic nitrogens is 1. The molecule has 4 aromatic rings. The van der Waals surface area contributed by atoms with Gasteiger partial charge in [0.25, 0.3) is 5.88 Å². The van der Waals surface area contributed by atoms with Crippen LogP contribution >= 0.6 is 0 Å². The highest BCUT2D eigenvalue weighted by atomic mass is 28.4. The molecular weight excluding hydrogens is 767 g/mol. The number of rotatable bonds is 8. The van der Waals surface area contributed by atoms with Gasteiger partial charge in [-0.2, -0.15) is 0 Å². The lowest BCUT2D eigenvalue weighted by Crippen LogP contribution is -2.65. The van der Waals surface area contributed by atoms with Gasteiger partial charge in [0.15, 0.2) is 25.5 Å². The Morgan fingerprint density at radius 1 is 1.00 bits per heavy atom. The van der Waals surface area contributed by atoms with Crippen molar-refractivity contribution in [2.75, 3.05) is 33.2 Å². The van der Waals surface area contributed by atoms with Crippen molar-refractivity contribution >= 4 is 42.4 Å². The number of hydrogen-bond acceptors (Lipinski definition) is 11. The summed E-state index contributed by atoms with van der Waals surface area (Å²) >= 11 is 0. The molecule has 59 heavy (non-hydrogen) atoms. The van der Waals surface area contributed by atoms with E-state index in [2.05, 4.69) is 25.9 Å². The fraction of sp³-hybridized carbons (Fsp3) is 0.478. The Hall–Kier alpha value is -4.98. The van der Waals surface area contributed by atoms with E-state index in [4.69, 9.17) is 23.2 Å². The van der Waals surface area contributed by atoms with E-state index in [0.29, 0.717) is 45.7 Å². The number of carbonyl (C=O) groups excluding carboxylic acids is 3. The number of aliphatic hydroxyl groups excluding tert-OH is 1. The van der Waals surface area contributed by atoms with Crippen LogP contribution in [0.4, 0.5) is 10.5 Å². The second-order valence-corrected chi connectivity index (χ2v) is 23.7. The van der Waals surface area contributed by atoms with Crippen LogP contribution in [-0.2, 0) is 22.2 Å². The minimum absolute atomic E-state index is 0.00341. The predicted octanol–water partition coefficient (Wildman–Crippen LogP) is 9.54. The monoisotopic (exact) mass is 823 g/mol. The fourth-order valence-electron chi connectivity index (χ4n) is 8.98. The summed E-state index contributed by atoms with van der Waals surface area (Å²) in [5, 5.41) is 18.5. The Kier molecular flexibility index (Phi) is 10.5. The van der Waals surface area contributed by atoms with E-state index in [0.717, 1.165) is 10.9 Å². The molecule has 1 N–H and O–H groups in total. The third kappa shape index (κ3) is 6.84. The van der Waals surface area contributed by atoms with Crippen LogP contribution < -0.4 is 14.4 Å². The number of ether oxygens (including phenoxy) is 3. The molecule has 0 unspecified atom stereocenters. The van der Waals surface area contributed by atoms with Gasteiger partial charge < -0.3 is 28.3 Å². The number of aliphatic hydroxyl groups is 1. The molecule has 3 aliphatic rings. The SMILES string of the molecule is COc1ccc2c(N(C)C(=O)OC(C)(C)C)c3c(c(C)c2c1)C(=O)C1=C(O)[C@]2(O[Si](C)(C)C(C)(C)C)C(=O)c4c(OCc5ccccc5)noc4[C@@H](N(C)C)[C@@H]2C[C@@H]1C3. The van der Waals surface area contributed by atoms with Gasteiger partial charge in [0.05, 0.1) is 18.8 Å². The third-order valence-corrected chi connectivity index (χ3v) is 17.2. The molecule has 7 rings (SSSR count). The number of anilines is 1. The lowest BCUT2D eigenvalue weighted by atomic mass is 9.58. The average Bonchev–Trinajstić information content (AvgIpc) is 3.57. The van der Waals surface area contributed by atoms with Gasteiger partial charge in [0, 0.05) is 29.5 Å². The summed E-state index contributed by atoms with van der Waals surface area (Å²) in [6, 6.07) is 14.5. The molecule has 314 valence electrons. The van der Waals surface area contributed by atoms with E-state index in [1.807, 2.05) is 87.5 Å². The number of fused-ring (bicyclic) bond motifs is 5. The van der Waals surface area contributed by atoms with Crippen LogP contribution in [-0.4, -0.2) is 80.6 Å². The number of benzene rings is 3. The topological polar surface area (TPSA) is 141 Å². The molecule has 0 fully saturated rings. The predicted molar refractivity (Wildman–Crippen MR) is 228 cm³/mol. The first kappa shape index (κ1) is 42.2. The third-order valence-electron chi connectivity index (χ3n) is 12.7. The second-order valence-electron chi connectivity index (χ2n) is 18.9. The van der Waals surface area contributed by atoms with Crippen LogP contribution in [0.25, 0.3) is 10.8 Å². The molecule has 0 spiro atoms. The van der Waals surface area contributed by atoms with Crippen LogP contribution in [0.1, 0.15) is 97.2 Å². The number of methoxy groups -OCH3 is 1. The maximum atomic E-state index is 15.6. The molecule has 1 amide bonds. The first-order valence-electron chi connectivity index (χ1n) is 20.2. The molecule has 0 saturated heterocycles. The lowest BCUT2D eigenvalue weighted by Gasteiger charge is -2.55. The maximum absolute atomic E-state index is 15.6. The zero-order chi connectivity index (χ0) is 43.1. The average molecular weight is 824 g/mol. The van der Waals surface area contributed by atoms with Crippen molar-refractivity contribution in [1.29, 1.82) is 0 Å². The van der Waals surface area contributed by atoms with Crippen molar-refractivity contribution in [1.82, 2.24) is 10.1 Å². The number of ketones is 2. The molecular formula is C46H57N3O9Si. The summed E-state index contributed by atoms with van der Waals surface area (Å²) in [4.78, 5) is 48.4. The summed E-state index contributed by atoms with van der Waals surface area (Å²) in [5.41, 5.74) is 0.601. The van der Waals surface area contributed by atoms with E-state index in [9.17, 15) is 9.90 Å². The fourth-order valence-corrected chi connectivity index (χ4v) is 10.4. The number of Topliss-reactive ketones (excluding diaryl/α,β-unsaturated/α-hetero) is 2. The van der Waals surface area contributed by atoms with Gasteiger partial charge in [0.1, 0.15) is 29.3 Å². The summed E-state index contributed by atoms with van der Waals surface area (Å²) in [6.07, 6.45) is 0.00152. The molecule has 0 saturated carbocycles. The van der Waals surface area contributed by atoms with Gasteiger partial charge in [-0.1, -0.05) is 51.1 Å². The summed E-state index contributed by atoms with van der Waals surface area (Å²) in [5.74, 6) is -1.70. The number of hydrogen-bond donors (Lipinski definition) is 1. The largest absolute Gasteiger partial charge is 0.508 e. The number of allylic oxidation sites excluding steroid dienone is 1. The number of amides is 1. The Morgan fingerprint density at radius 3 is 2.29 bits per heavy atom. The van der Waals surface area contributed by atoms with Gasteiger partial charge in [-0.15, -0.1) is 0 Å². The van der Waals surface area contributed by atoms with Crippen LogP contribution in [0.5, 0.6) is 11.6 Å². The van der Waals surface area contributed by atoms with E-state index in [1.165, 1.54) is 4.90 Å². The van der Waals surface area contributed by atoms with Gasteiger partial charge >= 0.3 is 6.09 Å². The number of aryl methyl sites for hydroxylation is 1. The van der Waals surface area contributed by atoms with Crippen molar-refractivity contribution in [3.63, 3.8) is 0 Å². The van der Waals surface area contributed by atoms with Crippen molar-refractivity contribution in [3.8, 4) is 11.6 Å². The number of carbonyl (C=O) groups is 3. The zero-order valence-corrected chi connectivity index (χ0v) is 37.5. The highest BCUT2D eigenvalue weighted by Crippen LogP contribution is 2.60. The Balaban J connectivity index is 1.48. The van der Waals surface area contributed by atoms with Crippen LogP contribution in [0.3, 0.4) is 0 Å². The highest BCUT2D eigenvalue weighted by molar-refractivity contribution is 6.74. The van der Waals surface area contributed by atoms with Crippen molar-refractivity contribution in [3.05, 3.63) is 93.4 Å². The smallest absolute Gasteiger partial charge is 0.414 e. The van der Waals surface area contributed by atoms with Crippen molar-refractivity contribution < 1.29 is 42.6 Å². The molecule has 0 bridgehead atoms. The number of nitrogens with zero attached hydrogens (tertiary/aromatic N) is 3. The summed E-state index contributed by atoms with van der Waals surface area (Å²) in [6.45, 7) is 17.7. The molecule has 1 aromatic heterocycles. The molecule has 12 nitrogen and oxygen atoms in total. The Morgan fingerprint density at radius 2 is 1.68 bits per heavy atom. The van der Waals surface area contributed by atoms with Gasteiger partial charge in [-0.3, -0.25) is 19.4 Å². The standard InChI is InChI=1S/C46H57N3O9Si/c1-25-30-23-28(54-11)19-20-29(30)36(49(10)43(53)56-44(2,3)4)31-21-27-22-32-37(48(8)9)39-35(42(47-57-39)55-24-26-17-15-14-16-18-26)41(52)46(32,58-59(12,13)45(5,6)7)40(51)34(27)38(50)33(25)31/h14-20,23,27,32,37,51H,21-22,24H2,1-13H3/t27-,32-,37-,46-/m0/s1.